The first kappa shape index (κ1) is 15.0. The minimum Gasteiger partial charge on any atom is -0.305 e. The van der Waals surface area contributed by atoms with Gasteiger partial charge in [-0.1, -0.05) is 28.8 Å². The number of nitrogens with one attached hydrogen (secondary N) is 1. The third kappa shape index (κ3) is 2.60. The van der Waals surface area contributed by atoms with Gasteiger partial charge >= 0.3 is 0 Å². The number of carbonyl (C=O) groups is 1. The topological polar surface area (TPSA) is 72.7 Å². The van der Waals surface area contributed by atoms with Crippen molar-refractivity contribution in [2.45, 2.75) is 32.2 Å². The first-order valence-electron chi connectivity index (χ1n) is 7.94. The second-order valence-electron chi connectivity index (χ2n) is 5.97. The number of aromatic nitrogens is 4. The molecule has 1 atom stereocenters. The van der Waals surface area contributed by atoms with Crippen LogP contribution in [0.3, 0.4) is 0 Å². The van der Waals surface area contributed by atoms with Gasteiger partial charge in [-0.3, -0.25) is 4.79 Å². The van der Waals surface area contributed by atoms with Gasteiger partial charge in [0.2, 0.25) is 0 Å². The number of anilines is 1. The molecule has 0 radical (unpaired) electrons. The summed E-state index contributed by atoms with van der Waals surface area (Å²) in [5.41, 5.74) is 3.92. The number of benzene rings is 1. The number of carbonyl (C=O) groups excluding carboxylic acids is 1. The molecule has 0 bridgehead atoms. The van der Waals surface area contributed by atoms with Gasteiger partial charge in [-0.05, 0) is 48.8 Å². The van der Waals surface area contributed by atoms with Crippen molar-refractivity contribution in [1.29, 1.82) is 0 Å². The van der Waals surface area contributed by atoms with Gasteiger partial charge in [0.1, 0.15) is 5.82 Å². The van der Waals surface area contributed by atoms with E-state index in [9.17, 15) is 4.79 Å². The van der Waals surface area contributed by atoms with Crippen molar-refractivity contribution in [3.05, 3.63) is 58.2 Å². The summed E-state index contributed by atoms with van der Waals surface area (Å²) in [6.07, 6.45) is 5.02. The van der Waals surface area contributed by atoms with Gasteiger partial charge in [0, 0.05) is 10.9 Å². The zero-order valence-electron chi connectivity index (χ0n) is 13.3. The lowest BCUT2D eigenvalue weighted by Gasteiger charge is -2.27. The van der Waals surface area contributed by atoms with E-state index in [0.29, 0.717) is 5.69 Å². The van der Waals surface area contributed by atoms with Crippen LogP contribution in [0.15, 0.2) is 35.8 Å². The number of hydrogen-bond acceptors (Lipinski definition) is 5. The van der Waals surface area contributed by atoms with Crippen LogP contribution in [0.2, 0.25) is 0 Å². The van der Waals surface area contributed by atoms with Crippen molar-refractivity contribution < 1.29 is 4.79 Å². The normalized spacial score (nSPS) is 16.6. The maximum Gasteiger partial charge on any atom is 0.278 e. The molecule has 1 aliphatic carbocycles. The highest BCUT2D eigenvalue weighted by atomic mass is 32.1. The Morgan fingerprint density at radius 2 is 2.25 bits per heavy atom. The summed E-state index contributed by atoms with van der Waals surface area (Å²) in [5, 5.41) is 13.0. The molecule has 3 aromatic rings. The van der Waals surface area contributed by atoms with Gasteiger partial charge in [-0.25, -0.2) is 4.68 Å². The highest BCUT2D eigenvalue weighted by Crippen LogP contribution is 2.35. The summed E-state index contributed by atoms with van der Waals surface area (Å²) < 4.78 is 5.68. The van der Waals surface area contributed by atoms with Crippen LogP contribution in [0.25, 0.3) is 0 Å². The zero-order chi connectivity index (χ0) is 16.5. The number of fused-ring (bicyclic) bond motifs is 1. The molecule has 4 rings (SSSR count). The molecule has 0 aliphatic heterocycles. The smallest absolute Gasteiger partial charge is 0.278 e. The molecule has 1 N–H and O–H groups in total. The Hall–Kier alpha value is -2.54. The van der Waals surface area contributed by atoms with E-state index < -0.39 is 0 Å². The number of nitrogens with zero attached hydrogens (tertiary/aromatic N) is 4. The van der Waals surface area contributed by atoms with E-state index in [1.807, 2.05) is 11.6 Å². The molecule has 24 heavy (non-hydrogen) atoms. The van der Waals surface area contributed by atoms with Crippen molar-refractivity contribution in [3.63, 3.8) is 0 Å². The van der Waals surface area contributed by atoms with Crippen LogP contribution in [-0.4, -0.2) is 25.3 Å². The van der Waals surface area contributed by atoms with Crippen LogP contribution in [-0.2, 0) is 6.42 Å². The first-order valence-corrected chi connectivity index (χ1v) is 8.78. The highest BCUT2D eigenvalue weighted by Gasteiger charge is 2.25. The minimum absolute atomic E-state index is 0.146. The van der Waals surface area contributed by atoms with E-state index in [1.165, 1.54) is 11.1 Å². The second kappa shape index (κ2) is 6.16. The highest BCUT2D eigenvalue weighted by molar-refractivity contribution is 7.03. The summed E-state index contributed by atoms with van der Waals surface area (Å²) in [7, 11) is 0. The molecule has 0 unspecified atom stereocenters. The lowest BCUT2D eigenvalue weighted by Crippen LogP contribution is -2.23. The van der Waals surface area contributed by atoms with Gasteiger partial charge in [-0.15, -0.1) is 5.10 Å². The van der Waals surface area contributed by atoms with Crippen LogP contribution in [0, 0.1) is 6.92 Å². The van der Waals surface area contributed by atoms with E-state index in [0.717, 1.165) is 42.2 Å². The van der Waals surface area contributed by atoms with Gasteiger partial charge < -0.3 is 5.32 Å². The first-order chi connectivity index (χ1) is 11.7. The van der Waals surface area contributed by atoms with Crippen LogP contribution < -0.4 is 5.32 Å². The molecular formula is C17H17N5OS. The Balaban J connectivity index is 1.70. The predicted molar refractivity (Wildman–Crippen MR) is 92.3 cm³/mol. The minimum atomic E-state index is -0.252. The Bertz CT molecular complexity index is 871. The molecule has 1 aromatic carbocycles. The quantitative estimate of drug-likeness (QED) is 0.795. The fraction of sp³-hybridized carbons (Fsp3) is 0.294. The summed E-state index contributed by atoms with van der Waals surface area (Å²) in [5.74, 6) is 0.479. The third-order valence-electron chi connectivity index (χ3n) is 4.44. The SMILES string of the molecule is Cc1cnn([C@H]2CCCc3ccccc32)c1NC(=O)c1csnn1. The average Bonchev–Trinajstić information content (AvgIpc) is 3.26. The van der Waals surface area contributed by atoms with Gasteiger partial charge in [-0.2, -0.15) is 5.10 Å². The standard InChI is InChI=1S/C17H17N5OS/c1-11-9-18-22(16(11)19-17(23)14-10-24-21-20-14)15-8-4-6-12-5-2-3-7-13(12)15/h2-3,5,7,9-10,15H,4,6,8H2,1H3,(H,19,23)/t15-/m0/s1. The molecular weight excluding hydrogens is 322 g/mol. The molecule has 0 spiro atoms. The van der Waals surface area contributed by atoms with Crippen LogP contribution >= 0.6 is 11.5 Å². The van der Waals surface area contributed by atoms with Crippen molar-refractivity contribution >= 4 is 23.3 Å². The average molecular weight is 339 g/mol. The van der Waals surface area contributed by atoms with Crippen molar-refractivity contribution in [3.8, 4) is 0 Å². The summed E-state index contributed by atoms with van der Waals surface area (Å²) >= 11 is 1.16. The lowest BCUT2D eigenvalue weighted by molar-refractivity contribution is 0.102. The molecule has 0 fully saturated rings. The number of rotatable bonds is 3. The molecule has 122 valence electrons. The van der Waals surface area contributed by atoms with Crippen LogP contribution in [0.4, 0.5) is 5.82 Å². The van der Waals surface area contributed by atoms with Crippen molar-refractivity contribution in [2.75, 3.05) is 5.32 Å². The monoisotopic (exact) mass is 339 g/mol. The van der Waals surface area contributed by atoms with E-state index in [-0.39, 0.29) is 11.9 Å². The van der Waals surface area contributed by atoms with E-state index in [1.54, 1.807) is 11.6 Å². The molecule has 1 aliphatic rings. The molecule has 0 saturated carbocycles. The maximum atomic E-state index is 12.4. The molecule has 2 heterocycles. The largest absolute Gasteiger partial charge is 0.305 e. The fourth-order valence-corrected chi connectivity index (χ4v) is 3.69. The molecule has 2 aromatic heterocycles. The summed E-state index contributed by atoms with van der Waals surface area (Å²) in [4.78, 5) is 12.4. The lowest BCUT2D eigenvalue weighted by atomic mass is 9.88. The fourth-order valence-electron chi connectivity index (χ4n) is 3.26. The molecule has 6 nitrogen and oxygen atoms in total. The Morgan fingerprint density at radius 1 is 1.38 bits per heavy atom. The molecule has 0 saturated heterocycles. The summed E-state index contributed by atoms with van der Waals surface area (Å²) in [6, 6.07) is 8.62. The van der Waals surface area contributed by atoms with Crippen LogP contribution in [0.5, 0.6) is 0 Å². The number of hydrogen-bond donors (Lipinski definition) is 1. The molecule has 7 heteroatoms. The number of aryl methyl sites for hydroxylation is 2. The number of amides is 1. The van der Waals surface area contributed by atoms with E-state index in [2.05, 4.69) is 44.3 Å². The van der Waals surface area contributed by atoms with Gasteiger partial charge in [0.15, 0.2) is 5.69 Å². The predicted octanol–water partition coefficient (Wildman–Crippen LogP) is 3.22. The molecule has 1 amide bonds. The summed E-state index contributed by atoms with van der Waals surface area (Å²) in [6.45, 7) is 1.95. The maximum absolute atomic E-state index is 12.4. The van der Waals surface area contributed by atoms with Gasteiger partial charge in [0.25, 0.3) is 5.91 Å². The van der Waals surface area contributed by atoms with E-state index in [4.69, 9.17) is 0 Å². The van der Waals surface area contributed by atoms with Crippen molar-refractivity contribution in [1.82, 2.24) is 19.4 Å². The van der Waals surface area contributed by atoms with Crippen LogP contribution in [0.1, 0.15) is 46.1 Å². The van der Waals surface area contributed by atoms with E-state index >= 15 is 0 Å². The van der Waals surface area contributed by atoms with Crippen molar-refractivity contribution in [2.24, 2.45) is 0 Å². The Labute approximate surface area is 143 Å². The third-order valence-corrected chi connectivity index (χ3v) is 4.94. The second-order valence-corrected chi connectivity index (χ2v) is 6.58. The zero-order valence-corrected chi connectivity index (χ0v) is 14.1. The Kier molecular flexibility index (Phi) is 3.86. The Morgan fingerprint density at radius 3 is 3.08 bits per heavy atom. The van der Waals surface area contributed by atoms with Gasteiger partial charge in [0.05, 0.1) is 12.2 Å².